The van der Waals surface area contributed by atoms with E-state index in [1.54, 1.807) is 0 Å². The summed E-state index contributed by atoms with van der Waals surface area (Å²) in [6.07, 6.45) is -4.93. The molecule has 1 aromatic rings. The number of hydrogen-bond acceptors (Lipinski definition) is 3. The van der Waals surface area contributed by atoms with Gasteiger partial charge in [0.15, 0.2) is 0 Å². The number of halogens is 6. The molecule has 0 aromatic heterocycles. The van der Waals surface area contributed by atoms with E-state index in [0.29, 0.717) is 19.2 Å². The average molecular weight is 388 g/mol. The number of rotatable bonds is 5. The van der Waals surface area contributed by atoms with E-state index >= 15 is 0 Å². The van der Waals surface area contributed by atoms with Gasteiger partial charge < -0.3 is 10.6 Å². The second kappa shape index (κ2) is 9.30. The minimum absolute atomic E-state index is 0. The predicted octanol–water partition coefficient (Wildman–Crippen LogP) is 1.88. The van der Waals surface area contributed by atoms with Gasteiger partial charge in [-0.25, -0.2) is 8.78 Å². The third kappa shape index (κ3) is 6.41. The molecule has 25 heavy (non-hydrogen) atoms. The van der Waals surface area contributed by atoms with Crippen LogP contribution in [-0.2, 0) is 11.2 Å². The standard InChI is InChI=1S/C15H18F5N3O.ClH/c16-11-2-1-10(12(17)8-11)7-14(24)22-9-13(15(18,19)20)23-5-3-21-4-6-23;/h1-2,8,13,21H,3-7,9H2,(H,22,24);1H. The molecule has 1 amide bonds. The van der Waals surface area contributed by atoms with Crippen LogP contribution < -0.4 is 10.6 Å². The van der Waals surface area contributed by atoms with E-state index in [4.69, 9.17) is 0 Å². The number of amides is 1. The van der Waals surface area contributed by atoms with Crippen molar-refractivity contribution in [1.82, 2.24) is 15.5 Å². The van der Waals surface area contributed by atoms with Gasteiger partial charge in [-0.2, -0.15) is 13.2 Å². The Hall–Kier alpha value is -1.45. The fraction of sp³-hybridized carbons (Fsp3) is 0.533. The van der Waals surface area contributed by atoms with Gasteiger partial charge in [0.1, 0.15) is 17.7 Å². The van der Waals surface area contributed by atoms with Crippen LogP contribution in [0, 0.1) is 11.6 Å². The van der Waals surface area contributed by atoms with Crippen LogP contribution in [0.4, 0.5) is 22.0 Å². The summed E-state index contributed by atoms with van der Waals surface area (Å²) in [7, 11) is 0. The Labute approximate surface area is 148 Å². The highest BCUT2D eigenvalue weighted by atomic mass is 35.5. The summed E-state index contributed by atoms with van der Waals surface area (Å²) in [4.78, 5) is 13.1. The highest BCUT2D eigenvalue weighted by molar-refractivity contribution is 5.85. The second-order valence-electron chi connectivity index (χ2n) is 5.56. The van der Waals surface area contributed by atoms with Gasteiger partial charge in [0.2, 0.25) is 5.91 Å². The molecule has 1 fully saturated rings. The van der Waals surface area contributed by atoms with Crippen LogP contribution in [-0.4, -0.2) is 55.7 Å². The zero-order valence-electron chi connectivity index (χ0n) is 13.2. The minimum Gasteiger partial charge on any atom is -0.354 e. The van der Waals surface area contributed by atoms with E-state index in [0.717, 1.165) is 12.1 Å². The number of alkyl halides is 3. The lowest BCUT2D eigenvalue weighted by Crippen LogP contribution is -2.57. The van der Waals surface area contributed by atoms with Gasteiger partial charge in [0.25, 0.3) is 0 Å². The summed E-state index contributed by atoms with van der Waals surface area (Å²) in [5.41, 5.74) is -0.0698. The SMILES string of the molecule is Cl.O=C(Cc1ccc(F)cc1F)NCC(N1CCNCC1)C(F)(F)F. The molecular weight excluding hydrogens is 369 g/mol. The largest absolute Gasteiger partial charge is 0.405 e. The molecule has 1 atom stereocenters. The Balaban J connectivity index is 0.00000312. The third-order valence-corrected chi connectivity index (χ3v) is 3.83. The van der Waals surface area contributed by atoms with Gasteiger partial charge >= 0.3 is 6.18 Å². The zero-order valence-corrected chi connectivity index (χ0v) is 14.0. The number of carbonyl (C=O) groups excluding carboxylic acids is 1. The maximum absolute atomic E-state index is 13.5. The Morgan fingerprint density at radius 1 is 1.24 bits per heavy atom. The quantitative estimate of drug-likeness (QED) is 0.758. The van der Waals surface area contributed by atoms with Gasteiger partial charge in [-0.3, -0.25) is 9.69 Å². The number of benzene rings is 1. The molecule has 142 valence electrons. The normalized spacial score (nSPS) is 16.8. The number of nitrogens with one attached hydrogen (secondary N) is 2. The molecule has 0 spiro atoms. The summed E-state index contributed by atoms with van der Waals surface area (Å²) in [5, 5.41) is 5.16. The fourth-order valence-electron chi connectivity index (χ4n) is 2.56. The maximum Gasteiger partial charge on any atom is 0.405 e. The van der Waals surface area contributed by atoms with Crippen LogP contribution in [0.3, 0.4) is 0 Å². The van der Waals surface area contributed by atoms with E-state index in [-0.39, 0.29) is 31.1 Å². The van der Waals surface area contributed by atoms with Crippen molar-refractivity contribution in [2.24, 2.45) is 0 Å². The molecule has 1 saturated heterocycles. The predicted molar refractivity (Wildman–Crippen MR) is 84.6 cm³/mol. The van der Waals surface area contributed by atoms with E-state index in [1.165, 1.54) is 4.90 Å². The number of nitrogens with zero attached hydrogens (tertiary/aromatic N) is 1. The first-order chi connectivity index (χ1) is 11.3. The third-order valence-electron chi connectivity index (χ3n) is 3.83. The smallest absolute Gasteiger partial charge is 0.354 e. The Kier molecular flexibility index (Phi) is 8.04. The number of piperazine rings is 1. The van der Waals surface area contributed by atoms with Crippen LogP contribution in [0.1, 0.15) is 5.56 Å². The Morgan fingerprint density at radius 2 is 1.88 bits per heavy atom. The van der Waals surface area contributed by atoms with Gasteiger partial charge in [-0.15, -0.1) is 12.4 Å². The van der Waals surface area contributed by atoms with Crippen LogP contribution in [0.2, 0.25) is 0 Å². The molecule has 0 bridgehead atoms. The first-order valence-electron chi connectivity index (χ1n) is 7.49. The summed E-state index contributed by atoms with van der Waals surface area (Å²) in [6, 6.07) is 0.927. The molecule has 2 rings (SSSR count). The molecule has 1 aliphatic rings. The van der Waals surface area contributed by atoms with Crippen LogP contribution >= 0.6 is 12.4 Å². The molecule has 10 heteroatoms. The molecule has 0 aliphatic carbocycles. The Morgan fingerprint density at radius 3 is 2.44 bits per heavy atom. The Bertz CT molecular complexity index is 579. The number of hydrogen-bond donors (Lipinski definition) is 2. The summed E-state index contributed by atoms with van der Waals surface area (Å²) in [6.45, 7) is 0.743. The minimum atomic E-state index is -4.48. The van der Waals surface area contributed by atoms with Crippen molar-refractivity contribution in [3.05, 3.63) is 35.4 Å². The first-order valence-corrected chi connectivity index (χ1v) is 7.49. The maximum atomic E-state index is 13.5. The molecule has 0 saturated carbocycles. The van der Waals surface area contributed by atoms with Crippen molar-refractivity contribution in [1.29, 1.82) is 0 Å². The lowest BCUT2D eigenvalue weighted by Gasteiger charge is -2.35. The van der Waals surface area contributed by atoms with Crippen molar-refractivity contribution in [2.45, 2.75) is 18.6 Å². The lowest BCUT2D eigenvalue weighted by atomic mass is 10.1. The summed E-state index contributed by atoms with van der Waals surface area (Å²) >= 11 is 0. The topological polar surface area (TPSA) is 44.4 Å². The molecule has 4 nitrogen and oxygen atoms in total. The van der Waals surface area contributed by atoms with E-state index in [2.05, 4.69) is 10.6 Å². The lowest BCUT2D eigenvalue weighted by molar-refractivity contribution is -0.184. The van der Waals surface area contributed by atoms with Gasteiger partial charge in [0.05, 0.1) is 6.42 Å². The zero-order chi connectivity index (χ0) is 17.7. The van der Waals surface area contributed by atoms with Crippen LogP contribution in [0.25, 0.3) is 0 Å². The van der Waals surface area contributed by atoms with Crippen molar-refractivity contribution >= 4 is 18.3 Å². The van der Waals surface area contributed by atoms with E-state index in [9.17, 15) is 26.7 Å². The number of carbonyl (C=O) groups is 1. The van der Waals surface area contributed by atoms with Crippen molar-refractivity contribution in [2.75, 3.05) is 32.7 Å². The molecule has 1 heterocycles. The van der Waals surface area contributed by atoms with Gasteiger partial charge in [-0.05, 0) is 11.6 Å². The van der Waals surface area contributed by atoms with Crippen LogP contribution in [0.15, 0.2) is 18.2 Å². The monoisotopic (exact) mass is 387 g/mol. The molecule has 1 aromatic carbocycles. The summed E-state index contributed by atoms with van der Waals surface area (Å²) in [5.74, 6) is -2.43. The van der Waals surface area contributed by atoms with Gasteiger partial charge in [0, 0.05) is 38.8 Å². The molecule has 0 radical (unpaired) electrons. The average Bonchev–Trinajstić information content (AvgIpc) is 2.50. The second-order valence-corrected chi connectivity index (χ2v) is 5.56. The molecule has 1 unspecified atom stereocenters. The molecule has 2 N–H and O–H groups in total. The highest BCUT2D eigenvalue weighted by Crippen LogP contribution is 2.24. The first kappa shape index (κ1) is 21.6. The highest BCUT2D eigenvalue weighted by Gasteiger charge is 2.43. The molecular formula is C15H19ClF5N3O. The summed E-state index contributed by atoms with van der Waals surface area (Å²) < 4.78 is 65.8. The van der Waals surface area contributed by atoms with Crippen molar-refractivity contribution in [3.8, 4) is 0 Å². The van der Waals surface area contributed by atoms with Crippen molar-refractivity contribution in [3.63, 3.8) is 0 Å². The van der Waals surface area contributed by atoms with Crippen molar-refractivity contribution < 1.29 is 26.7 Å². The fourth-order valence-corrected chi connectivity index (χ4v) is 2.56. The van der Waals surface area contributed by atoms with E-state index < -0.39 is 42.7 Å². The van der Waals surface area contributed by atoms with Crippen LogP contribution in [0.5, 0.6) is 0 Å². The van der Waals surface area contributed by atoms with E-state index in [1.807, 2.05) is 0 Å². The molecule has 1 aliphatic heterocycles. The van der Waals surface area contributed by atoms with Gasteiger partial charge in [-0.1, -0.05) is 6.07 Å².